The molecule has 0 aromatic heterocycles. The fraction of sp³-hybridized carbons (Fsp3) is 0.368. The van der Waals surface area contributed by atoms with Gasteiger partial charge in [-0.1, -0.05) is 25.1 Å². The number of methoxy groups -OCH3 is 2. The van der Waals surface area contributed by atoms with Crippen molar-refractivity contribution in [1.82, 2.24) is 4.90 Å². The van der Waals surface area contributed by atoms with Gasteiger partial charge in [-0.2, -0.15) is 0 Å². The minimum absolute atomic E-state index is 0.148. The fourth-order valence-corrected chi connectivity index (χ4v) is 3.38. The SMILES string of the molecule is CCN(CCSc1ccccc1F)Cc1ccc(OC)c(OC)c1. The molecule has 2 aromatic carbocycles. The van der Waals surface area contributed by atoms with Gasteiger partial charge in [0.15, 0.2) is 11.5 Å². The first-order valence-electron chi connectivity index (χ1n) is 7.98. The van der Waals surface area contributed by atoms with Gasteiger partial charge in [-0.25, -0.2) is 4.39 Å². The predicted molar refractivity (Wildman–Crippen MR) is 97.6 cm³/mol. The van der Waals surface area contributed by atoms with E-state index in [1.54, 1.807) is 32.0 Å². The zero-order chi connectivity index (χ0) is 17.4. The van der Waals surface area contributed by atoms with E-state index < -0.39 is 0 Å². The number of halogens is 1. The van der Waals surface area contributed by atoms with E-state index >= 15 is 0 Å². The number of hydrogen-bond acceptors (Lipinski definition) is 4. The molecule has 2 aromatic rings. The molecule has 0 aliphatic rings. The number of hydrogen-bond donors (Lipinski definition) is 0. The molecule has 0 radical (unpaired) electrons. The largest absolute Gasteiger partial charge is 0.493 e. The maximum absolute atomic E-state index is 13.6. The van der Waals surface area contributed by atoms with Gasteiger partial charge in [0.1, 0.15) is 5.82 Å². The first-order valence-corrected chi connectivity index (χ1v) is 8.97. The summed E-state index contributed by atoms with van der Waals surface area (Å²) in [6.45, 7) is 4.79. The van der Waals surface area contributed by atoms with Gasteiger partial charge in [0.05, 0.1) is 14.2 Å². The molecule has 0 unspecified atom stereocenters. The van der Waals surface area contributed by atoms with E-state index in [0.717, 1.165) is 36.9 Å². The van der Waals surface area contributed by atoms with E-state index in [-0.39, 0.29) is 5.82 Å². The molecule has 0 atom stereocenters. The van der Waals surface area contributed by atoms with Crippen molar-refractivity contribution in [2.75, 3.05) is 33.1 Å². The molecule has 130 valence electrons. The van der Waals surface area contributed by atoms with Crippen molar-refractivity contribution >= 4 is 11.8 Å². The lowest BCUT2D eigenvalue weighted by Crippen LogP contribution is -2.25. The van der Waals surface area contributed by atoms with Crippen molar-refractivity contribution < 1.29 is 13.9 Å². The molecule has 0 heterocycles. The Morgan fingerprint density at radius 3 is 2.46 bits per heavy atom. The topological polar surface area (TPSA) is 21.7 Å². The molecule has 2 rings (SSSR count). The van der Waals surface area contributed by atoms with Crippen LogP contribution in [0, 0.1) is 5.82 Å². The molecule has 0 saturated carbocycles. The average Bonchev–Trinajstić information content (AvgIpc) is 2.62. The van der Waals surface area contributed by atoms with Gasteiger partial charge in [0, 0.05) is 23.7 Å². The molecule has 0 N–H and O–H groups in total. The standard InChI is InChI=1S/C19H24FNO2S/c1-4-21(11-12-24-19-8-6-5-7-16(19)20)14-15-9-10-17(22-2)18(13-15)23-3/h5-10,13H,4,11-12,14H2,1-3H3. The van der Waals surface area contributed by atoms with Crippen LogP contribution in [0.4, 0.5) is 4.39 Å². The zero-order valence-electron chi connectivity index (χ0n) is 14.4. The summed E-state index contributed by atoms with van der Waals surface area (Å²) in [7, 11) is 3.28. The van der Waals surface area contributed by atoms with Crippen molar-refractivity contribution in [2.45, 2.75) is 18.4 Å². The monoisotopic (exact) mass is 349 g/mol. The summed E-state index contributed by atoms with van der Waals surface area (Å²) in [5, 5.41) is 0. The van der Waals surface area contributed by atoms with Crippen molar-refractivity contribution in [3.63, 3.8) is 0 Å². The number of rotatable bonds is 9. The number of nitrogens with zero attached hydrogens (tertiary/aromatic N) is 1. The van der Waals surface area contributed by atoms with Gasteiger partial charge in [-0.3, -0.25) is 4.90 Å². The third kappa shape index (κ3) is 5.14. The highest BCUT2D eigenvalue weighted by molar-refractivity contribution is 7.99. The minimum atomic E-state index is -0.148. The Hall–Kier alpha value is -1.72. The molecule has 0 amide bonds. The highest BCUT2D eigenvalue weighted by Crippen LogP contribution is 2.28. The summed E-state index contributed by atoms with van der Waals surface area (Å²) in [6.07, 6.45) is 0. The quantitative estimate of drug-likeness (QED) is 0.623. The highest BCUT2D eigenvalue weighted by atomic mass is 32.2. The molecule has 0 saturated heterocycles. The predicted octanol–water partition coefficient (Wildman–Crippen LogP) is 4.46. The van der Waals surface area contributed by atoms with Crippen molar-refractivity contribution in [2.24, 2.45) is 0 Å². The highest BCUT2D eigenvalue weighted by Gasteiger charge is 2.09. The van der Waals surface area contributed by atoms with Gasteiger partial charge in [0.2, 0.25) is 0 Å². The van der Waals surface area contributed by atoms with Crippen molar-refractivity contribution in [3.8, 4) is 11.5 Å². The van der Waals surface area contributed by atoms with Gasteiger partial charge in [0.25, 0.3) is 0 Å². The van der Waals surface area contributed by atoms with E-state index in [9.17, 15) is 4.39 Å². The maximum atomic E-state index is 13.6. The Labute approximate surface area is 147 Å². The van der Waals surface area contributed by atoms with Gasteiger partial charge in [-0.15, -0.1) is 11.8 Å². The average molecular weight is 349 g/mol. The first kappa shape index (κ1) is 18.6. The lowest BCUT2D eigenvalue weighted by Gasteiger charge is -2.21. The second-order valence-electron chi connectivity index (χ2n) is 5.34. The van der Waals surface area contributed by atoms with E-state index in [1.165, 1.54) is 11.6 Å². The van der Waals surface area contributed by atoms with Crippen LogP contribution in [0.25, 0.3) is 0 Å². The third-order valence-electron chi connectivity index (χ3n) is 3.80. The summed E-state index contributed by atoms with van der Waals surface area (Å²) in [6, 6.07) is 12.9. The lowest BCUT2D eigenvalue weighted by atomic mass is 10.2. The van der Waals surface area contributed by atoms with Crippen LogP contribution in [-0.2, 0) is 6.54 Å². The summed E-state index contributed by atoms with van der Waals surface area (Å²) in [4.78, 5) is 3.04. The van der Waals surface area contributed by atoms with E-state index in [0.29, 0.717) is 4.90 Å². The Bertz CT molecular complexity index is 651. The molecule has 0 fully saturated rings. The summed E-state index contributed by atoms with van der Waals surface area (Å²) >= 11 is 1.55. The van der Waals surface area contributed by atoms with E-state index in [2.05, 4.69) is 11.8 Å². The van der Waals surface area contributed by atoms with Crippen LogP contribution in [0.1, 0.15) is 12.5 Å². The molecule has 0 aliphatic carbocycles. The molecular formula is C19H24FNO2S. The maximum Gasteiger partial charge on any atom is 0.161 e. The Balaban J connectivity index is 1.91. The number of ether oxygens (including phenoxy) is 2. The molecule has 3 nitrogen and oxygen atoms in total. The number of benzene rings is 2. The van der Waals surface area contributed by atoms with Crippen LogP contribution in [0.5, 0.6) is 11.5 Å². The molecule has 0 bridgehead atoms. The van der Waals surface area contributed by atoms with Crippen LogP contribution in [0.2, 0.25) is 0 Å². The second kappa shape index (κ2) is 9.55. The molecule has 0 aliphatic heterocycles. The van der Waals surface area contributed by atoms with Crippen molar-refractivity contribution in [3.05, 3.63) is 53.8 Å². The molecule has 5 heteroatoms. The third-order valence-corrected chi connectivity index (χ3v) is 4.83. The van der Waals surface area contributed by atoms with Crippen LogP contribution >= 0.6 is 11.8 Å². The van der Waals surface area contributed by atoms with Crippen LogP contribution in [0.15, 0.2) is 47.4 Å². The van der Waals surface area contributed by atoms with Gasteiger partial charge in [-0.05, 0) is 36.4 Å². The Morgan fingerprint density at radius 2 is 1.79 bits per heavy atom. The Kier molecular flexibility index (Phi) is 7.40. The normalized spacial score (nSPS) is 10.9. The summed E-state index contributed by atoms with van der Waals surface area (Å²) in [5.41, 5.74) is 1.17. The van der Waals surface area contributed by atoms with Gasteiger partial charge >= 0.3 is 0 Å². The minimum Gasteiger partial charge on any atom is -0.493 e. The van der Waals surface area contributed by atoms with E-state index in [4.69, 9.17) is 9.47 Å². The van der Waals surface area contributed by atoms with Crippen molar-refractivity contribution in [1.29, 1.82) is 0 Å². The van der Waals surface area contributed by atoms with Crippen LogP contribution in [0.3, 0.4) is 0 Å². The lowest BCUT2D eigenvalue weighted by molar-refractivity contribution is 0.297. The van der Waals surface area contributed by atoms with Crippen LogP contribution in [-0.4, -0.2) is 38.0 Å². The van der Waals surface area contributed by atoms with E-state index in [1.807, 2.05) is 30.3 Å². The van der Waals surface area contributed by atoms with Crippen LogP contribution < -0.4 is 9.47 Å². The summed E-state index contributed by atoms with van der Waals surface area (Å²) < 4.78 is 24.3. The summed E-state index contributed by atoms with van der Waals surface area (Å²) in [5.74, 6) is 2.18. The second-order valence-corrected chi connectivity index (χ2v) is 6.47. The fourth-order valence-electron chi connectivity index (χ4n) is 2.43. The first-order chi connectivity index (χ1) is 11.7. The van der Waals surface area contributed by atoms with Gasteiger partial charge < -0.3 is 9.47 Å². The molecule has 24 heavy (non-hydrogen) atoms. The Morgan fingerprint density at radius 1 is 1.04 bits per heavy atom. The molecular weight excluding hydrogens is 325 g/mol. The smallest absolute Gasteiger partial charge is 0.161 e. The zero-order valence-corrected chi connectivity index (χ0v) is 15.2. The molecule has 0 spiro atoms. The number of thioether (sulfide) groups is 1.